The third kappa shape index (κ3) is 3.15. The SMILES string of the molecule is Cc1ccccc1C(c1ccc2c(c1)OCO2)N1CCCC(C(=O)O)C1. The fourth-order valence-electron chi connectivity index (χ4n) is 4.01. The van der Waals surface area contributed by atoms with Crippen LogP contribution in [0.5, 0.6) is 11.5 Å². The summed E-state index contributed by atoms with van der Waals surface area (Å²) in [6.45, 7) is 3.80. The molecule has 0 radical (unpaired) electrons. The summed E-state index contributed by atoms with van der Waals surface area (Å²) >= 11 is 0. The van der Waals surface area contributed by atoms with E-state index in [2.05, 4.69) is 30.0 Å². The molecule has 2 aromatic carbocycles. The molecule has 1 fully saturated rings. The summed E-state index contributed by atoms with van der Waals surface area (Å²) in [5.74, 6) is 0.500. The average Bonchev–Trinajstić information content (AvgIpc) is 3.12. The van der Waals surface area contributed by atoms with Crippen molar-refractivity contribution in [2.24, 2.45) is 5.92 Å². The van der Waals surface area contributed by atoms with Gasteiger partial charge in [-0.15, -0.1) is 0 Å². The Balaban J connectivity index is 1.75. The van der Waals surface area contributed by atoms with Crippen molar-refractivity contribution in [2.75, 3.05) is 19.9 Å². The lowest BCUT2D eigenvalue weighted by Crippen LogP contribution is -2.41. The molecular weight excluding hydrogens is 330 g/mol. The van der Waals surface area contributed by atoms with Crippen molar-refractivity contribution >= 4 is 5.97 Å². The Labute approximate surface area is 153 Å². The molecule has 5 heteroatoms. The van der Waals surface area contributed by atoms with Gasteiger partial charge in [-0.25, -0.2) is 0 Å². The first kappa shape index (κ1) is 16.9. The van der Waals surface area contributed by atoms with Gasteiger partial charge in [0.2, 0.25) is 6.79 Å². The minimum absolute atomic E-state index is 0.00727. The van der Waals surface area contributed by atoms with Gasteiger partial charge < -0.3 is 14.6 Å². The lowest BCUT2D eigenvalue weighted by atomic mass is 9.89. The van der Waals surface area contributed by atoms with Crippen LogP contribution in [0.15, 0.2) is 42.5 Å². The first-order valence-corrected chi connectivity index (χ1v) is 9.05. The van der Waals surface area contributed by atoms with Gasteiger partial charge in [0, 0.05) is 6.54 Å². The number of hydrogen-bond donors (Lipinski definition) is 1. The Hall–Kier alpha value is -2.53. The van der Waals surface area contributed by atoms with Crippen LogP contribution in [-0.4, -0.2) is 35.9 Å². The van der Waals surface area contributed by atoms with E-state index in [0.29, 0.717) is 6.54 Å². The van der Waals surface area contributed by atoms with Crippen LogP contribution in [0, 0.1) is 12.8 Å². The van der Waals surface area contributed by atoms with E-state index >= 15 is 0 Å². The van der Waals surface area contributed by atoms with E-state index in [9.17, 15) is 9.90 Å². The second-order valence-corrected chi connectivity index (χ2v) is 7.04. The van der Waals surface area contributed by atoms with Gasteiger partial charge in [0.15, 0.2) is 11.5 Å². The Morgan fingerprint density at radius 1 is 1.19 bits per heavy atom. The molecule has 0 aromatic heterocycles. The van der Waals surface area contributed by atoms with Crippen molar-refractivity contribution in [2.45, 2.75) is 25.8 Å². The van der Waals surface area contributed by atoms with Crippen LogP contribution in [0.4, 0.5) is 0 Å². The first-order valence-electron chi connectivity index (χ1n) is 9.05. The summed E-state index contributed by atoms with van der Waals surface area (Å²) in [6.07, 6.45) is 1.64. The van der Waals surface area contributed by atoms with Crippen molar-refractivity contribution < 1.29 is 19.4 Å². The fraction of sp³-hybridized carbons (Fsp3) is 0.381. The largest absolute Gasteiger partial charge is 0.481 e. The molecule has 0 amide bonds. The molecule has 2 aliphatic rings. The van der Waals surface area contributed by atoms with Crippen LogP contribution in [0.1, 0.15) is 35.6 Å². The summed E-state index contributed by atoms with van der Waals surface area (Å²) in [6, 6.07) is 14.4. The Morgan fingerprint density at radius 2 is 2.00 bits per heavy atom. The standard InChI is InChI=1S/C21H23NO4/c1-14-5-2-3-7-17(14)20(22-10-4-6-16(12-22)21(23)24)15-8-9-18-19(11-15)26-13-25-18/h2-3,5,7-9,11,16,20H,4,6,10,12-13H2,1H3,(H,23,24). The monoisotopic (exact) mass is 353 g/mol. The lowest BCUT2D eigenvalue weighted by molar-refractivity contribution is -0.143. The summed E-state index contributed by atoms with van der Waals surface area (Å²) in [7, 11) is 0. The van der Waals surface area contributed by atoms with Crippen LogP contribution in [0.3, 0.4) is 0 Å². The average molecular weight is 353 g/mol. The van der Waals surface area contributed by atoms with E-state index in [-0.39, 0.29) is 18.8 Å². The minimum atomic E-state index is -0.705. The highest BCUT2D eigenvalue weighted by atomic mass is 16.7. The molecule has 0 bridgehead atoms. The number of rotatable bonds is 4. The molecule has 136 valence electrons. The highest BCUT2D eigenvalue weighted by molar-refractivity contribution is 5.70. The molecule has 2 heterocycles. The van der Waals surface area contributed by atoms with Crippen LogP contribution in [0.25, 0.3) is 0 Å². The second-order valence-electron chi connectivity index (χ2n) is 7.04. The van der Waals surface area contributed by atoms with E-state index in [1.165, 1.54) is 11.1 Å². The van der Waals surface area contributed by atoms with Gasteiger partial charge in [-0.3, -0.25) is 9.69 Å². The van der Waals surface area contributed by atoms with Gasteiger partial charge in [0.25, 0.3) is 0 Å². The van der Waals surface area contributed by atoms with E-state index in [4.69, 9.17) is 9.47 Å². The summed E-state index contributed by atoms with van der Waals surface area (Å²) in [5, 5.41) is 9.50. The van der Waals surface area contributed by atoms with Gasteiger partial charge in [0.05, 0.1) is 12.0 Å². The number of aryl methyl sites for hydroxylation is 1. The number of nitrogens with zero attached hydrogens (tertiary/aromatic N) is 1. The van der Waals surface area contributed by atoms with Gasteiger partial charge in [-0.05, 0) is 55.1 Å². The molecule has 0 aliphatic carbocycles. The van der Waals surface area contributed by atoms with Gasteiger partial charge >= 0.3 is 5.97 Å². The summed E-state index contributed by atoms with van der Waals surface area (Å²) in [4.78, 5) is 13.8. The Bertz CT molecular complexity index is 819. The van der Waals surface area contributed by atoms with Crippen LogP contribution in [0.2, 0.25) is 0 Å². The Morgan fingerprint density at radius 3 is 2.81 bits per heavy atom. The number of benzene rings is 2. The van der Waals surface area contributed by atoms with Crippen molar-refractivity contribution in [3.05, 3.63) is 59.2 Å². The number of ether oxygens (including phenoxy) is 2. The van der Waals surface area contributed by atoms with Crippen molar-refractivity contribution in [3.8, 4) is 11.5 Å². The van der Waals surface area contributed by atoms with Crippen LogP contribution < -0.4 is 9.47 Å². The molecular formula is C21H23NO4. The number of fused-ring (bicyclic) bond motifs is 1. The second kappa shape index (κ2) is 7.00. The van der Waals surface area contributed by atoms with E-state index in [1.54, 1.807) is 0 Å². The number of likely N-dealkylation sites (tertiary alicyclic amines) is 1. The number of hydrogen-bond acceptors (Lipinski definition) is 4. The van der Waals surface area contributed by atoms with Crippen molar-refractivity contribution in [1.82, 2.24) is 4.90 Å². The molecule has 0 spiro atoms. The van der Waals surface area contributed by atoms with E-state index in [1.807, 2.05) is 24.3 Å². The lowest BCUT2D eigenvalue weighted by Gasteiger charge is -2.38. The zero-order chi connectivity index (χ0) is 18.1. The molecule has 2 aromatic rings. The van der Waals surface area contributed by atoms with Crippen molar-refractivity contribution in [3.63, 3.8) is 0 Å². The number of carboxylic acids is 1. The summed E-state index contributed by atoms with van der Waals surface area (Å²) < 4.78 is 11.0. The molecule has 4 rings (SSSR count). The molecule has 1 N–H and O–H groups in total. The fourth-order valence-corrected chi connectivity index (χ4v) is 4.01. The number of carbonyl (C=O) groups is 1. The van der Waals surface area contributed by atoms with Gasteiger partial charge in [-0.1, -0.05) is 30.3 Å². The van der Waals surface area contributed by atoms with Crippen LogP contribution >= 0.6 is 0 Å². The predicted molar refractivity (Wildman–Crippen MR) is 97.5 cm³/mol. The molecule has 5 nitrogen and oxygen atoms in total. The quantitative estimate of drug-likeness (QED) is 0.910. The topological polar surface area (TPSA) is 59.0 Å². The zero-order valence-electron chi connectivity index (χ0n) is 14.9. The third-order valence-electron chi connectivity index (χ3n) is 5.36. The van der Waals surface area contributed by atoms with Crippen molar-refractivity contribution in [1.29, 1.82) is 0 Å². The molecule has 2 unspecified atom stereocenters. The molecule has 1 saturated heterocycles. The highest BCUT2D eigenvalue weighted by Crippen LogP contribution is 2.39. The first-order chi connectivity index (χ1) is 12.6. The molecule has 2 aliphatic heterocycles. The van der Waals surface area contributed by atoms with Gasteiger partial charge in [-0.2, -0.15) is 0 Å². The third-order valence-corrected chi connectivity index (χ3v) is 5.36. The number of carboxylic acid groups (broad SMARTS) is 1. The maximum absolute atomic E-state index is 11.6. The number of aliphatic carboxylic acids is 1. The number of piperidine rings is 1. The Kier molecular flexibility index (Phi) is 4.55. The minimum Gasteiger partial charge on any atom is -0.481 e. The van der Waals surface area contributed by atoms with Crippen LogP contribution in [-0.2, 0) is 4.79 Å². The highest BCUT2D eigenvalue weighted by Gasteiger charge is 2.32. The predicted octanol–water partition coefficient (Wildman–Crippen LogP) is 3.61. The molecule has 2 atom stereocenters. The maximum atomic E-state index is 11.6. The molecule has 0 saturated carbocycles. The van der Waals surface area contributed by atoms with E-state index < -0.39 is 5.97 Å². The van der Waals surface area contributed by atoms with Gasteiger partial charge in [0.1, 0.15) is 0 Å². The summed E-state index contributed by atoms with van der Waals surface area (Å²) in [5.41, 5.74) is 3.51. The smallest absolute Gasteiger partial charge is 0.307 e. The molecule has 26 heavy (non-hydrogen) atoms. The maximum Gasteiger partial charge on any atom is 0.307 e. The zero-order valence-corrected chi connectivity index (χ0v) is 14.9. The van der Waals surface area contributed by atoms with E-state index in [0.717, 1.165) is 36.4 Å². The normalized spacial score (nSPS) is 20.7.